The maximum atomic E-state index is 12.6. The van der Waals surface area contributed by atoms with Crippen molar-refractivity contribution in [2.75, 3.05) is 13.2 Å². The number of amides is 1. The Hall–Kier alpha value is -1.70. The van der Waals surface area contributed by atoms with E-state index in [9.17, 15) is 18.0 Å². The first-order valence-corrected chi connectivity index (χ1v) is 6.67. The quantitative estimate of drug-likeness (QED) is 0.918. The van der Waals surface area contributed by atoms with Crippen LogP contribution in [0.3, 0.4) is 0 Å². The smallest absolute Gasteiger partial charge is 0.368 e. The molecule has 5 nitrogen and oxygen atoms in total. The molecule has 1 amide bonds. The Balaban J connectivity index is 1.91. The molecule has 0 radical (unpaired) electrons. The van der Waals surface area contributed by atoms with Crippen LogP contribution in [0.1, 0.15) is 30.1 Å². The lowest BCUT2D eigenvalue weighted by Gasteiger charge is -2.11. The summed E-state index contributed by atoms with van der Waals surface area (Å²) in [5.74, 6) is -0.175. The number of halogens is 3. The summed E-state index contributed by atoms with van der Waals surface area (Å²) in [6, 6.07) is 0.897. The zero-order valence-electron chi connectivity index (χ0n) is 11.5. The number of aryl methyl sites for hydroxylation is 1. The standard InChI is InChI=1S/C13H16F3N3O2/c1-8-7-10(13(14,15)16)19-11(18-8)4-5-17-12(20)9-3-2-6-21-9/h7,9H,2-6H2,1H3,(H,17,20)/t9-/m0/s1. The van der Waals surface area contributed by atoms with Crippen LogP contribution in [-0.4, -0.2) is 35.1 Å². The van der Waals surface area contributed by atoms with E-state index in [-0.39, 0.29) is 30.4 Å². The van der Waals surface area contributed by atoms with Gasteiger partial charge in [-0.05, 0) is 25.8 Å². The first-order valence-electron chi connectivity index (χ1n) is 6.67. The first kappa shape index (κ1) is 15.7. The molecule has 116 valence electrons. The molecule has 1 aromatic rings. The van der Waals surface area contributed by atoms with Gasteiger partial charge in [0.05, 0.1) is 0 Å². The van der Waals surface area contributed by atoms with E-state index in [2.05, 4.69) is 15.3 Å². The average molecular weight is 303 g/mol. The normalized spacial score (nSPS) is 18.8. The Bertz CT molecular complexity index is 514. The summed E-state index contributed by atoms with van der Waals surface area (Å²) in [6.07, 6.45) is -3.29. The lowest BCUT2D eigenvalue weighted by Crippen LogP contribution is -2.35. The van der Waals surface area contributed by atoms with Crippen molar-refractivity contribution in [1.82, 2.24) is 15.3 Å². The SMILES string of the molecule is Cc1cc(C(F)(F)F)nc(CCNC(=O)[C@@H]2CCCO2)n1. The van der Waals surface area contributed by atoms with Gasteiger partial charge in [-0.2, -0.15) is 13.2 Å². The number of hydrogen-bond acceptors (Lipinski definition) is 4. The van der Waals surface area contributed by atoms with Crippen LogP contribution in [0.5, 0.6) is 0 Å². The van der Waals surface area contributed by atoms with Crippen molar-refractivity contribution in [2.24, 2.45) is 0 Å². The van der Waals surface area contributed by atoms with E-state index in [1.165, 1.54) is 6.92 Å². The molecule has 1 fully saturated rings. The second kappa shape index (κ2) is 6.38. The molecule has 2 rings (SSSR count). The van der Waals surface area contributed by atoms with E-state index >= 15 is 0 Å². The van der Waals surface area contributed by atoms with E-state index in [1.807, 2.05) is 0 Å². The number of rotatable bonds is 4. The number of alkyl halides is 3. The van der Waals surface area contributed by atoms with Gasteiger partial charge in [0.2, 0.25) is 5.91 Å². The second-order valence-corrected chi connectivity index (χ2v) is 4.85. The molecule has 1 saturated heterocycles. The lowest BCUT2D eigenvalue weighted by atomic mass is 10.2. The summed E-state index contributed by atoms with van der Waals surface area (Å²) in [5.41, 5.74) is -0.715. The van der Waals surface area contributed by atoms with Gasteiger partial charge in [-0.25, -0.2) is 9.97 Å². The Morgan fingerprint density at radius 1 is 1.48 bits per heavy atom. The van der Waals surface area contributed by atoms with Gasteiger partial charge in [0, 0.05) is 25.3 Å². The summed E-state index contributed by atoms with van der Waals surface area (Å²) in [4.78, 5) is 19.1. The Morgan fingerprint density at radius 2 is 2.24 bits per heavy atom. The molecule has 0 aliphatic carbocycles. The van der Waals surface area contributed by atoms with Gasteiger partial charge in [-0.3, -0.25) is 4.79 Å². The number of nitrogens with zero attached hydrogens (tertiary/aromatic N) is 2. The van der Waals surface area contributed by atoms with Crippen molar-refractivity contribution in [3.63, 3.8) is 0 Å². The molecule has 1 aliphatic rings. The van der Waals surface area contributed by atoms with Crippen LogP contribution in [0.15, 0.2) is 6.07 Å². The first-order chi connectivity index (χ1) is 9.86. The molecular weight excluding hydrogens is 287 g/mol. The van der Waals surface area contributed by atoms with E-state index in [0.717, 1.165) is 12.5 Å². The van der Waals surface area contributed by atoms with Crippen LogP contribution < -0.4 is 5.32 Å². The highest BCUT2D eigenvalue weighted by molar-refractivity contribution is 5.80. The average Bonchev–Trinajstić information content (AvgIpc) is 2.90. The second-order valence-electron chi connectivity index (χ2n) is 4.85. The molecule has 0 bridgehead atoms. The van der Waals surface area contributed by atoms with Crippen LogP contribution >= 0.6 is 0 Å². The van der Waals surface area contributed by atoms with Crippen LogP contribution in [-0.2, 0) is 22.1 Å². The molecule has 1 aromatic heterocycles. The molecule has 8 heteroatoms. The van der Waals surface area contributed by atoms with Gasteiger partial charge in [0.1, 0.15) is 17.6 Å². The number of carbonyl (C=O) groups excluding carboxylic acids is 1. The van der Waals surface area contributed by atoms with Crippen LogP contribution in [0.25, 0.3) is 0 Å². The molecule has 0 unspecified atom stereocenters. The highest BCUT2D eigenvalue weighted by atomic mass is 19.4. The summed E-state index contributed by atoms with van der Waals surface area (Å²) < 4.78 is 43.1. The summed E-state index contributed by atoms with van der Waals surface area (Å²) in [5, 5.41) is 2.63. The fourth-order valence-corrected chi connectivity index (χ4v) is 2.08. The van der Waals surface area contributed by atoms with E-state index in [0.29, 0.717) is 13.0 Å². The Kier molecular flexibility index (Phi) is 4.76. The van der Waals surface area contributed by atoms with Crippen molar-refractivity contribution in [3.05, 3.63) is 23.3 Å². The maximum absolute atomic E-state index is 12.6. The molecular formula is C13H16F3N3O2. The largest absolute Gasteiger partial charge is 0.433 e. The zero-order chi connectivity index (χ0) is 15.5. The Morgan fingerprint density at radius 3 is 2.86 bits per heavy atom. The summed E-state index contributed by atoms with van der Waals surface area (Å²) in [6.45, 7) is 2.22. The molecule has 2 heterocycles. The summed E-state index contributed by atoms with van der Waals surface area (Å²) >= 11 is 0. The van der Waals surface area contributed by atoms with Crippen LogP contribution in [0.2, 0.25) is 0 Å². The van der Waals surface area contributed by atoms with Gasteiger partial charge >= 0.3 is 6.18 Å². The molecule has 1 atom stereocenters. The van der Waals surface area contributed by atoms with Gasteiger partial charge in [-0.1, -0.05) is 0 Å². The number of carbonyl (C=O) groups is 1. The highest BCUT2D eigenvalue weighted by Crippen LogP contribution is 2.27. The topological polar surface area (TPSA) is 64.1 Å². The van der Waals surface area contributed by atoms with Crippen molar-refractivity contribution in [2.45, 2.75) is 38.5 Å². The maximum Gasteiger partial charge on any atom is 0.433 e. The number of ether oxygens (including phenoxy) is 1. The van der Waals surface area contributed by atoms with Gasteiger partial charge in [0.15, 0.2) is 0 Å². The van der Waals surface area contributed by atoms with Crippen molar-refractivity contribution in [3.8, 4) is 0 Å². The van der Waals surface area contributed by atoms with Gasteiger partial charge in [-0.15, -0.1) is 0 Å². The minimum atomic E-state index is -4.50. The lowest BCUT2D eigenvalue weighted by molar-refractivity contribution is -0.141. The molecule has 1 aliphatic heterocycles. The van der Waals surface area contributed by atoms with E-state index in [1.54, 1.807) is 0 Å². The number of aromatic nitrogens is 2. The number of hydrogen-bond donors (Lipinski definition) is 1. The predicted octanol–water partition coefficient (Wildman–Crippen LogP) is 1.64. The van der Waals surface area contributed by atoms with E-state index in [4.69, 9.17) is 4.74 Å². The predicted molar refractivity (Wildman–Crippen MR) is 67.5 cm³/mol. The van der Waals surface area contributed by atoms with Crippen LogP contribution in [0.4, 0.5) is 13.2 Å². The minimum absolute atomic E-state index is 0.0648. The Labute approximate surface area is 119 Å². The zero-order valence-corrected chi connectivity index (χ0v) is 11.5. The molecule has 21 heavy (non-hydrogen) atoms. The van der Waals surface area contributed by atoms with Crippen molar-refractivity contribution < 1.29 is 22.7 Å². The third kappa shape index (κ3) is 4.38. The monoisotopic (exact) mass is 303 g/mol. The van der Waals surface area contributed by atoms with Crippen LogP contribution in [0, 0.1) is 6.92 Å². The number of nitrogens with one attached hydrogen (secondary N) is 1. The van der Waals surface area contributed by atoms with Crippen molar-refractivity contribution in [1.29, 1.82) is 0 Å². The summed E-state index contributed by atoms with van der Waals surface area (Å²) in [7, 11) is 0. The molecule has 0 aromatic carbocycles. The van der Waals surface area contributed by atoms with Crippen molar-refractivity contribution >= 4 is 5.91 Å². The fraction of sp³-hybridized carbons (Fsp3) is 0.615. The van der Waals surface area contributed by atoms with Gasteiger partial charge in [0.25, 0.3) is 0 Å². The highest BCUT2D eigenvalue weighted by Gasteiger charge is 2.33. The minimum Gasteiger partial charge on any atom is -0.368 e. The third-order valence-electron chi connectivity index (χ3n) is 3.06. The fourth-order valence-electron chi connectivity index (χ4n) is 2.08. The molecule has 1 N–H and O–H groups in total. The van der Waals surface area contributed by atoms with E-state index < -0.39 is 18.0 Å². The molecule has 0 spiro atoms. The molecule has 0 saturated carbocycles. The third-order valence-corrected chi connectivity index (χ3v) is 3.06. The van der Waals surface area contributed by atoms with Gasteiger partial charge < -0.3 is 10.1 Å².